The van der Waals surface area contributed by atoms with Crippen LogP contribution in [0.2, 0.25) is 0 Å². The molecule has 0 aromatic carbocycles. The van der Waals surface area contributed by atoms with Gasteiger partial charge in [0.2, 0.25) is 0 Å². The Morgan fingerprint density at radius 1 is 1.67 bits per heavy atom. The van der Waals surface area contributed by atoms with Gasteiger partial charge in [-0.05, 0) is 0 Å². The van der Waals surface area contributed by atoms with E-state index in [1.807, 2.05) is 0 Å². The molecular formula is C7H10O4U. The molecule has 0 aliphatic rings. The van der Waals surface area contributed by atoms with Crippen LogP contribution in [0.4, 0.5) is 0 Å². The number of aliphatic carboxylic acids is 1. The first-order valence-corrected chi connectivity index (χ1v) is 3.12. The third-order valence-electron chi connectivity index (χ3n) is 0.869. The van der Waals surface area contributed by atoms with Crippen molar-refractivity contribution in [1.82, 2.24) is 0 Å². The van der Waals surface area contributed by atoms with Crippen LogP contribution in [0, 0.1) is 37.2 Å². The second-order valence-electron chi connectivity index (χ2n) is 2.23. The van der Waals surface area contributed by atoms with Gasteiger partial charge in [0.1, 0.15) is 0 Å². The van der Waals surface area contributed by atoms with Crippen LogP contribution in [0.1, 0.15) is 20.3 Å². The van der Waals surface area contributed by atoms with Crippen molar-refractivity contribution in [2.24, 2.45) is 0 Å². The van der Waals surface area contributed by atoms with Gasteiger partial charge in [-0.1, -0.05) is 6.10 Å². The van der Waals surface area contributed by atoms with Crippen LogP contribution in [0.25, 0.3) is 0 Å². The van der Waals surface area contributed by atoms with E-state index in [1.54, 1.807) is 13.8 Å². The molecule has 12 heavy (non-hydrogen) atoms. The zero-order valence-corrected chi connectivity index (χ0v) is 11.1. The summed E-state index contributed by atoms with van der Waals surface area (Å²) in [6.45, 7) is 3.29. The van der Waals surface area contributed by atoms with E-state index in [-0.39, 0.29) is 37.5 Å². The fraction of sp³-hybridized carbons (Fsp3) is 0.571. The molecule has 0 heterocycles. The molecule has 5 heteroatoms. The Morgan fingerprint density at radius 2 is 2.17 bits per heavy atom. The van der Waals surface area contributed by atoms with Crippen molar-refractivity contribution in [2.45, 2.75) is 26.4 Å². The molecule has 66 valence electrons. The Bertz CT molecular complexity index is 146. The molecule has 0 aliphatic heterocycles. The van der Waals surface area contributed by atoms with E-state index in [4.69, 9.17) is 9.84 Å². The Kier molecular flexibility index (Phi) is 9.51. The van der Waals surface area contributed by atoms with Gasteiger partial charge < -0.3 is 14.6 Å². The van der Waals surface area contributed by atoms with E-state index >= 15 is 0 Å². The van der Waals surface area contributed by atoms with E-state index in [2.05, 4.69) is 0 Å². The summed E-state index contributed by atoms with van der Waals surface area (Å²) in [4.78, 5) is 20.1. The van der Waals surface area contributed by atoms with Crippen LogP contribution in [-0.4, -0.2) is 23.5 Å². The van der Waals surface area contributed by atoms with Crippen molar-refractivity contribution in [1.29, 1.82) is 0 Å². The maximum Gasteiger partial charge on any atom is 2.00 e. The average molecular weight is 396 g/mol. The second kappa shape index (κ2) is 7.78. The zero-order valence-electron chi connectivity index (χ0n) is 6.96. The maximum atomic E-state index is 10.1. The molecule has 0 rings (SSSR count). The molecule has 0 fully saturated rings. The second-order valence-corrected chi connectivity index (χ2v) is 2.23. The number of rotatable bonds is 5. The number of hydrogen-bond acceptors (Lipinski definition) is 3. The molecule has 0 amide bonds. The molecule has 0 aromatic heterocycles. The fourth-order valence-corrected chi connectivity index (χ4v) is 0.551. The number of carbonyl (C=O) groups excluding carboxylic acids is 1. The summed E-state index contributed by atoms with van der Waals surface area (Å²) in [5.41, 5.74) is 0. The summed E-state index contributed by atoms with van der Waals surface area (Å²) in [6.07, 6.45) is 0.733. The van der Waals surface area contributed by atoms with Crippen molar-refractivity contribution in [3.63, 3.8) is 0 Å². The van der Waals surface area contributed by atoms with Gasteiger partial charge in [0.15, 0.2) is 0 Å². The Morgan fingerprint density at radius 3 is 2.42 bits per heavy atom. The summed E-state index contributed by atoms with van der Waals surface area (Å²) in [5.74, 6) is -1.07. The van der Waals surface area contributed by atoms with Gasteiger partial charge in [-0.25, -0.2) is 12.4 Å². The van der Waals surface area contributed by atoms with Crippen LogP contribution in [0.15, 0.2) is 0 Å². The number of carboxylic acid groups (broad SMARTS) is 1. The largest absolute Gasteiger partial charge is 2.00 e. The van der Waals surface area contributed by atoms with E-state index in [1.165, 1.54) is 6.29 Å². The van der Waals surface area contributed by atoms with E-state index in [9.17, 15) is 9.59 Å². The van der Waals surface area contributed by atoms with Crippen LogP contribution < -0.4 is 0 Å². The Balaban J connectivity index is 0. The van der Waals surface area contributed by atoms with Crippen molar-refractivity contribution < 1.29 is 50.5 Å². The first-order valence-electron chi connectivity index (χ1n) is 3.12. The van der Waals surface area contributed by atoms with Crippen molar-refractivity contribution in [2.75, 3.05) is 0 Å². The van der Waals surface area contributed by atoms with Gasteiger partial charge in [0.25, 0.3) is 0 Å². The van der Waals surface area contributed by atoms with Gasteiger partial charge in [0.05, 0.1) is 0 Å². The predicted octanol–water partition coefficient (Wildman–Crippen LogP) is 0.528. The number of carboxylic acids is 1. The van der Waals surface area contributed by atoms with E-state index in [0.717, 1.165) is 0 Å². The predicted molar refractivity (Wildman–Crippen MR) is 37.4 cm³/mol. The standard InChI is InChI=1S/C7H10O4.U/c1-5(2)11-6(4-8)3-7(9)10;/h6H,3H2,1-2H3,(H,9,10);/q-2;+2. The molecule has 4 nitrogen and oxygen atoms in total. The first kappa shape index (κ1) is 14.7. The minimum absolute atomic E-state index is 0. The normalized spacial score (nSPS) is 11.9. The zero-order chi connectivity index (χ0) is 8.85. The molecule has 1 unspecified atom stereocenters. The molecule has 0 saturated carbocycles. The van der Waals surface area contributed by atoms with E-state index in [0.29, 0.717) is 6.10 Å². The summed E-state index contributed by atoms with van der Waals surface area (Å²) >= 11 is 0. The van der Waals surface area contributed by atoms with E-state index < -0.39 is 12.1 Å². The monoisotopic (exact) mass is 396 g/mol. The molecule has 0 bridgehead atoms. The topological polar surface area (TPSA) is 63.6 Å². The number of hydrogen-bond donors (Lipinski definition) is 1. The van der Waals surface area contributed by atoms with Crippen LogP contribution in [0.5, 0.6) is 0 Å². The summed E-state index contributed by atoms with van der Waals surface area (Å²) < 4.78 is 4.82. The van der Waals surface area contributed by atoms with Crippen LogP contribution in [0.3, 0.4) is 0 Å². The third kappa shape index (κ3) is 8.25. The Hall–Kier alpha value is 0.152. The van der Waals surface area contributed by atoms with Crippen molar-refractivity contribution in [3.8, 4) is 0 Å². The third-order valence-corrected chi connectivity index (χ3v) is 0.869. The Labute approximate surface area is 95.0 Å². The molecule has 0 saturated heterocycles. The van der Waals surface area contributed by atoms with Gasteiger partial charge >= 0.3 is 37.1 Å². The quantitative estimate of drug-likeness (QED) is 0.689. The SMILES string of the molecule is C[C-](C)OC([C-]=O)CC(=O)O.[U+2]. The molecule has 0 aromatic rings. The van der Waals surface area contributed by atoms with Crippen molar-refractivity contribution in [3.05, 3.63) is 6.10 Å². The molecule has 0 radical (unpaired) electrons. The number of carbonyl (C=O) groups is 1. The molecule has 1 N–H and O–H groups in total. The van der Waals surface area contributed by atoms with Gasteiger partial charge in [-0.2, -0.15) is 13.8 Å². The van der Waals surface area contributed by atoms with Gasteiger partial charge in [0, 0.05) is 6.42 Å². The molecule has 0 aliphatic carbocycles. The first-order chi connectivity index (χ1) is 5.06. The smallest absolute Gasteiger partial charge is 0.568 e. The van der Waals surface area contributed by atoms with Crippen molar-refractivity contribution >= 4 is 12.3 Å². The maximum absolute atomic E-state index is 10.1. The minimum Gasteiger partial charge on any atom is -0.568 e. The summed E-state index contributed by atoms with van der Waals surface area (Å²) in [6, 6.07) is 0. The average Bonchev–Trinajstić information content (AvgIpc) is 1.84. The fourth-order valence-electron chi connectivity index (χ4n) is 0.551. The van der Waals surface area contributed by atoms with Crippen LogP contribution >= 0.6 is 0 Å². The molecular weight excluding hydrogens is 386 g/mol. The molecule has 0 spiro atoms. The molecule has 1 atom stereocenters. The summed E-state index contributed by atoms with van der Waals surface area (Å²) in [5, 5.41) is 8.26. The summed E-state index contributed by atoms with van der Waals surface area (Å²) in [7, 11) is 0. The van der Waals surface area contributed by atoms with Gasteiger partial charge in [-0.3, -0.25) is 4.79 Å². The van der Waals surface area contributed by atoms with Crippen LogP contribution in [-0.2, 0) is 14.3 Å². The number of ether oxygens (including phenoxy) is 1. The van der Waals surface area contributed by atoms with Gasteiger partial charge in [-0.15, -0.1) is 0 Å². The minimum atomic E-state index is -1.07.